The van der Waals surface area contributed by atoms with Crippen LogP contribution < -0.4 is 15.7 Å². The number of rotatable bonds is 0. The van der Waals surface area contributed by atoms with Crippen LogP contribution in [0.4, 0.5) is 0 Å². The van der Waals surface area contributed by atoms with Crippen LogP contribution in [0.2, 0.25) is 0 Å². The van der Waals surface area contributed by atoms with E-state index in [1.54, 1.807) is 24.8 Å². The Labute approximate surface area is 57.5 Å². The summed E-state index contributed by atoms with van der Waals surface area (Å²) in [6.45, 7) is 0. The molecule has 0 amide bonds. The zero-order valence-corrected chi connectivity index (χ0v) is 5.23. The minimum atomic E-state index is 0.838. The van der Waals surface area contributed by atoms with Crippen LogP contribution in [0.1, 0.15) is 0 Å². The van der Waals surface area contributed by atoms with Crippen LogP contribution in [0.25, 0.3) is 12.3 Å². The van der Waals surface area contributed by atoms with Crippen LogP contribution in [0.5, 0.6) is 0 Å². The van der Waals surface area contributed by atoms with Gasteiger partial charge in [-0.1, -0.05) is 0 Å². The summed E-state index contributed by atoms with van der Waals surface area (Å²) >= 11 is 0. The largest absolute Gasteiger partial charge is 0.269 e. The van der Waals surface area contributed by atoms with Gasteiger partial charge >= 0.3 is 0 Å². The molecule has 1 aromatic heterocycles. The summed E-state index contributed by atoms with van der Waals surface area (Å²) in [4.78, 5) is 12.0. The number of fused-ring (bicyclic) bond motifs is 1. The Bertz CT molecular complexity index is 341. The lowest BCUT2D eigenvalue weighted by Crippen LogP contribution is -2.33. The lowest BCUT2D eigenvalue weighted by Gasteiger charge is -1.82. The highest BCUT2D eigenvalue weighted by Gasteiger charge is 1.95. The highest BCUT2D eigenvalue weighted by molar-refractivity contribution is 5.91. The molecule has 47 valence electrons. The van der Waals surface area contributed by atoms with Crippen LogP contribution in [-0.2, 0) is 0 Å². The fourth-order valence-electron chi connectivity index (χ4n) is 0.815. The molecular formula is C7H5N3+. The zero-order valence-electron chi connectivity index (χ0n) is 5.23. The van der Waals surface area contributed by atoms with Crippen LogP contribution in [0, 0.1) is 0 Å². The SMILES string of the molecule is C1=[N+]C=c2nccnc2=C1. The molecular weight excluding hydrogens is 126 g/mol. The average molecular weight is 131 g/mol. The summed E-state index contributed by atoms with van der Waals surface area (Å²) in [5.41, 5.74) is 0. The molecule has 0 unspecified atom stereocenters. The fraction of sp³-hybridized carbons (Fsp3) is 0. The second-order valence-electron chi connectivity index (χ2n) is 1.92. The van der Waals surface area contributed by atoms with Gasteiger partial charge in [-0.05, 0) is 0 Å². The number of hydrogen-bond donors (Lipinski definition) is 0. The second kappa shape index (κ2) is 2.02. The summed E-state index contributed by atoms with van der Waals surface area (Å²) in [6, 6.07) is 0. The minimum absolute atomic E-state index is 0.838. The quantitative estimate of drug-likeness (QED) is 0.426. The second-order valence-corrected chi connectivity index (χ2v) is 1.92. The minimum Gasteiger partial charge on any atom is -0.253 e. The topological polar surface area (TPSA) is 39.9 Å². The highest BCUT2D eigenvalue weighted by atomic mass is 14.8. The number of nitrogens with zero attached hydrogens (tertiary/aromatic N) is 3. The standard InChI is InChI=1S/C7H5N3/c1-2-8-5-7-6(1)9-3-4-10-7/h1-5H/q+1. The Morgan fingerprint density at radius 1 is 1.10 bits per heavy atom. The van der Waals surface area contributed by atoms with Gasteiger partial charge < -0.3 is 0 Å². The van der Waals surface area contributed by atoms with E-state index < -0.39 is 0 Å². The van der Waals surface area contributed by atoms with E-state index in [-0.39, 0.29) is 0 Å². The molecule has 0 N–H and O–H groups in total. The molecule has 0 fully saturated rings. The lowest BCUT2D eigenvalue weighted by atomic mass is 10.4. The van der Waals surface area contributed by atoms with Gasteiger partial charge in [-0.3, -0.25) is 4.98 Å². The number of hydrogen-bond acceptors (Lipinski definition) is 3. The van der Waals surface area contributed by atoms with Crippen molar-refractivity contribution in [2.75, 3.05) is 0 Å². The van der Waals surface area contributed by atoms with Gasteiger partial charge in [0.15, 0.2) is 5.35 Å². The molecule has 0 spiro atoms. The van der Waals surface area contributed by atoms with Gasteiger partial charge in [0.05, 0.1) is 4.99 Å². The van der Waals surface area contributed by atoms with Crippen molar-refractivity contribution in [2.45, 2.75) is 0 Å². The van der Waals surface area contributed by atoms with Crippen LogP contribution in [-0.4, -0.2) is 16.2 Å². The van der Waals surface area contributed by atoms with Gasteiger partial charge in [0, 0.05) is 18.5 Å². The van der Waals surface area contributed by atoms with Gasteiger partial charge in [-0.25, -0.2) is 4.98 Å². The van der Waals surface area contributed by atoms with Crippen LogP contribution in [0.3, 0.4) is 0 Å². The molecule has 1 radical (unpaired) electrons. The Kier molecular flexibility index (Phi) is 1.07. The molecule has 3 heteroatoms. The van der Waals surface area contributed by atoms with Crippen molar-refractivity contribution in [3.8, 4) is 0 Å². The van der Waals surface area contributed by atoms with E-state index in [4.69, 9.17) is 0 Å². The predicted octanol–water partition coefficient (Wildman–Crippen LogP) is -1.58. The molecule has 0 atom stereocenters. The van der Waals surface area contributed by atoms with Crippen molar-refractivity contribution in [3.05, 3.63) is 23.1 Å². The molecule has 1 aliphatic heterocycles. The van der Waals surface area contributed by atoms with E-state index in [1.807, 2.05) is 6.08 Å². The van der Waals surface area contributed by atoms with Crippen molar-refractivity contribution in [1.29, 1.82) is 0 Å². The number of aromatic nitrogens is 2. The lowest BCUT2D eigenvalue weighted by molar-refractivity contribution is 1.09. The smallest absolute Gasteiger partial charge is 0.253 e. The third-order valence-corrected chi connectivity index (χ3v) is 1.27. The first-order valence-electron chi connectivity index (χ1n) is 2.97. The van der Waals surface area contributed by atoms with Gasteiger partial charge in [-0.15, -0.1) is 0 Å². The summed E-state index contributed by atoms with van der Waals surface area (Å²) in [6.07, 6.45) is 8.56. The van der Waals surface area contributed by atoms with Gasteiger partial charge in [0.2, 0.25) is 6.21 Å². The van der Waals surface area contributed by atoms with Gasteiger partial charge in [0.25, 0.3) is 6.20 Å². The van der Waals surface area contributed by atoms with Crippen molar-refractivity contribution in [3.63, 3.8) is 0 Å². The zero-order chi connectivity index (χ0) is 6.81. The summed E-state index contributed by atoms with van der Waals surface area (Å²) in [5.74, 6) is 0. The predicted molar refractivity (Wildman–Crippen MR) is 38.4 cm³/mol. The monoisotopic (exact) mass is 131 g/mol. The molecule has 2 heterocycles. The van der Waals surface area contributed by atoms with E-state index in [0.717, 1.165) is 10.7 Å². The molecule has 0 bridgehead atoms. The van der Waals surface area contributed by atoms with E-state index in [9.17, 15) is 0 Å². The summed E-state index contributed by atoms with van der Waals surface area (Å²) in [7, 11) is 0. The summed E-state index contributed by atoms with van der Waals surface area (Å²) < 4.78 is 0. The number of aliphatic imine (C=N–C) groups is 1. The third kappa shape index (κ3) is 0.719. The van der Waals surface area contributed by atoms with Crippen molar-refractivity contribution < 1.29 is 0 Å². The maximum absolute atomic E-state index is 4.08. The van der Waals surface area contributed by atoms with E-state index in [2.05, 4.69) is 15.0 Å². The average Bonchev–Trinajstić information content (AvgIpc) is 2.05. The van der Waals surface area contributed by atoms with E-state index in [1.165, 1.54) is 0 Å². The Morgan fingerprint density at radius 3 is 2.70 bits per heavy atom. The van der Waals surface area contributed by atoms with Crippen molar-refractivity contribution in [2.24, 2.45) is 0 Å². The fourth-order valence-corrected chi connectivity index (χ4v) is 0.815. The Morgan fingerprint density at radius 2 is 1.90 bits per heavy atom. The van der Waals surface area contributed by atoms with E-state index >= 15 is 0 Å². The molecule has 2 rings (SSSR count). The maximum atomic E-state index is 4.08. The third-order valence-electron chi connectivity index (χ3n) is 1.27. The van der Waals surface area contributed by atoms with Crippen molar-refractivity contribution >= 4 is 18.5 Å². The first kappa shape index (κ1) is 5.29. The molecule has 0 aliphatic carbocycles. The van der Waals surface area contributed by atoms with Crippen LogP contribution in [0.15, 0.2) is 12.4 Å². The Hall–Kier alpha value is -1.51. The Balaban J connectivity index is 2.92. The molecule has 10 heavy (non-hydrogen) atoms. The molecule has 0 aromatic carbocycles. The van der Waals surface area contributed by atoms with Crippen LogP contribution >= 0.6 is 0 Å². The first-order chi connectivity index (χ1) is 4.97. The molecule has 3 nitrogen and oxygen atoms in total. The highest BCUT2D eigenvalue weighted by Crippen LogP contribution is 1.62. The molecule has 0 saturated heterocycles. The summed E-state index contributed by atoms with van der Waals surface area (Å²) in [5, 5.41) is 1.72. The normalized spacial score (nSPS) is 13.2. The maximum Gasteiger partial charge on any atom is 0.269 e. The van der Waals surface area contributed by atoms with E-state index in [0.29, 0.717) is 0 Å². The first-order valence-corrected chi connectivity index (χ1v) is 2.97. The molecule has 1 aromatic rings. The van der Waals surface area contributed by atoms with Crippen molar-refractivity contribution in [1.82, 2.24) is 15.0 Å². The molecule has 0 saturated carbocycles. The van der Waals surface area contributed by atoms with Gasteiger partial charge in [-0.2, -0.15) is 0 Å². The molecule has 1 aliphatic rings. The van der Waals surface area contributed by atoms with Gasteiger partial charge in [0.1, 0.15) is 5.35 Å².